The van der Waals surface area contributed by atoms with Gasteiger partial charge in [0.1, 0.15) is 5.82 Å². The monoisotopic (exact) mass is 352 g/mol. The first-order chi connectivity index (χ1) is 10.9. The van der Waals surface area contributed by atoms with Gasteiger partial charge in [0.2, 0.25) is 5.91 Å². The van der Waals surface area contributed by atoms with Gasteiger partial charge in [0.05, 0.1) is 14.9 Å². The number of hydrogen-bond donors (Lipinski definition) is 2. The van der Waals surface area contributed by atoms with E-state index in [4.69, 9.17) is 11.6 Å². The normalized spacial score (nSPS) is 13.7. The van der Waals surface area contributed by atoms with Crippen molar-refractivity contribution in [2.45, 2.75) is 19.8 Å². The molecule has 0 bridgehead atoms. The number of hydrogen-bond acceptors (Lipinski definition) is 3. The van der Waals surface area contributed by atoms with Gasteiger partial charge in [-0.3, -0.25) is 9.59 Å². The number of carbonyl (C=O) groups is 2. The molecule has 0 aliphatic heterocycles. The molecule has 4 nitrogen and oxygen atoms in total. The van der Waals surface area contributed by atoms with Crippen LogP contribution in [-0.4, -0.2) is 11.8 Å². The number of thiophene rings is 1. The standard InChI is InChI=1S/C16H14ClFN2O2S/c1-8-6-13(20-15(21)9-2-3-9)23-14(8)16(22)19-10-4-5-12(18)11(17)7-10/h4-7,9H,2-3H2,1H3,(H,19,22)(H,20,21). The lowest BCUT2D eigenvalue weighted by atomic mass is 10.2. The van der Waals surface area contributed by atoms with Gasteiger partial charge < -0.3 is 10.6 Å². The highest BCUT2D eigenvalue weighted by molar-refractivity contribution is 7.18. The summed E-state index contributed by atoms with van der Waals surface area (Å²) >= 11 is 6.92. The summed E-state index contributed by atoms with van der Waals surface area (Å²) in [6.07, 6.45) is 1.85. The summed E-state index contributed by atoms with van der Waals surface area (Å²) in [6, 6.07) is 5.77. The van der Waals surface area contributed by atoms with Gasteiger partial charge in [-0.25, -0.2) is 4.39 Å². The van der Waals surface area contributed by atoms with E-state index in [1.807, 2.05) is 0 Å². The highest BCUT2D eigenvalue weighted by atomic mass is 35.5. The molecule has 1 aromatic carbocycles. The minimum atomic E-state index is -0.540. The molecule has 1 aromatic heterocycles. The van der Waals surface area contributed by atoms with Crippen molar-refractivity contribution in [3.63, 3.8) is 0 Å². The molecule has 1 aliphatic rings. The maximum Gasteiger partial charge on any atom is 0.266 e. The highest BCUT2D eigenvalue weighted by Gasteiger charge is 2.30. The maximum atomic E-state index is 13.1. The van der Waals surface area contributed by atoms with Gasteiger partial charge in [0.25, 0.3) is 5.91 Å². The zero-order valence-corrected chi connectivity index (χ0v) is 13.9. The van der Waals surface area contributed by atoms with E-state index in [1.54, 1.807) is 13.0 Å². The smallest absolute Gasteiger partial charge is 0.266 e. The summed E-state index contributed by atoms with van der Waals surface area (Å²) in [7, 11) is 0. The summed E-state index contributed by atoms with van der Waals surface area (Å²) in [5.41, 5.74) is 1.18. The summed E-state index contributed by atoms with van der Waals surface area (Å²) in [5, 5.41) is 6.11. The molecule has 3 rings (SSSR count). The van der Waals surface area contributed by atoms with Gasteiger partial charge in [-0.2, -0.15) is 0 Å². The predicted octanol–water partition coefficient (Wildman–Crippen LogP) is 4.45. The summed E-state index contributed by atoms with van der Waals surface area (Å²) in [5.74, 6) is -0.747. The van der Waals surface area contributed by atoms with Crippen molar-refractivity contribution in [3.8, 4) is 0 Å². The van der Waals surface area contributed by atoms with Gasteiger partial charge in [-0.15, -0.1) is 11.3 Å². The second kappa shape index (κ2) is 6.29. The van der Waals surface area contributed by atoms with Crippen LogP contribution in [0, 0.1) is 18.7 Å². The number of nitrogens with one attached hydrogen (secondary N) is 2. The Labute approximate surface area is 141 Å². The van der Waals surface area contributed by atoms with Crippen LogP contribution in [0.2, 0.25) is 5.02 Å². The Bertz CT molecular complexity index is 786. The van der Waals surface area contributed by atoms with Crippen LogP contribution >= 0.6 is 22.9 Å². The number of amides is 2. The van der Waals surface area contributed by atoms with Crippen LogP contribution in [0.5, 0.6) is 0 Å². The van der Waals surface area contributed by atoms with E-state index >= 15 is 0 Å². The molecule has 0 saturated heterocycles. The van der Waals surface area contributed by atoms with Crippen LogP contribution in [0.1, 0.15) is 28.1 Å². The number of halogens is 2. The van der Waals surface area contributed by atoms with E-state index in [1.165, 1.54) is 29.5 Å². The van der Waals surface area contributed by atoms with E-state index < -0.39 is 5.82 Å². The quantitative estimate of drug-likeness (QED) is 0.854. The first-order valence-electron chi connectivity index (χ1n) is 7.12. The van der Waals surface area contributed by atoms with Crippen molar-refractivity contribution in [2.24, 2.45) is 5.92 Å². The molecular formula is C16H14ClFN2O2S. The Kier molecular flexibility index (Phi) is 4.37. The van der Waals surface area contributed by atoms with Gasteiger partial charge in [-0.1, -0.05) is 11.6 Å². The van der Waals surface area contributed by atoms with Crippen LogP contribution in [0.15, 0.2) is 24.3 Å². The molecule has 0 spiro atoms. The molecule has 1 aliphatic carbocycles. The van der Waals surface area contributed by atoms with E-state index in [0.29, 0.717) is 15.6 Å². The molecule has 1 heterocycles. The lowest BCUT2D eigenvalue weighted by molar-refractivity contribution is -0.117. The topological polar surface area (TPSA) is 58.2 Å². The molecular weight excluding hydrogens is 339 g/mol. The second-order valence-electron chi connectivity index (χ2n) is 5.47. The molecule has 7 heteroatoms. The van der Waals surface area contributed by atoms with Crippen LogP contribution in [0.25, 0.3) is 0 Å². The van der Waals surface area contributed by atoms with E-state index in [0.717, 1.165) is 18.4 Å². The Hall–Kier alpha value is -1.92. The van der Waals surface area contributed by atoms with Crippen molar-refractivity contribution in [2.75, 3.05) is 10.6 Å². The zero-order valence-electron chi connectivity index (χ0n) is 12.3. The number of anilines is 2. The lowest BCUT2D eigenvalue weighted by Gasteiger charge is -2.05. The van der Waals surface area contributed by atoms with Crippen molar-refractivity contribution < 1.29 is 14.0 Å². The average molecular weight is 353 g/mol. The second-order valence-corrected chi connectivity index (χ2v) is 6.93. The van der Waals surface area contributed by atoms with Gasteiger partial charge in [0.15, 0.2) is 0 Å². The zero-order chi connectivity index (χ0) is 16.6. The van der Waals surface area contributed by atoms with Gasteiger partial charge in [0, 0.05) is 11.6 Å². The number of carbonyl (C=O) groups excluding carboxylic acids is 2. The molecule has 23 heavy (non-hydrogen) atoms. The fourth-order valence-electron chi connectivity index (χ4n) is 2.10. The third-order valence-electron chi connectivity index (χ3n) is 3.50. The number of aryl methyl sites for hydroxylation is 1. The number of benzene rings is 1. The third kappa shape index (κ3) is 3.71. The first-order valence-corrected chi connectivity index (χ1v) is 8.31. The van der Waals surface area contributed by atoms with Crippen molar-refractivity contribution in [3.05, 3.63) is 45.5 Å². The Morgan fingerprint density at radius 3 is 2.65 bits per heavy atom. The first kappa shape index (κ1) is 16.0. The van der Waals surface area contributed by atoms with Crippen molar-refractivity contribution in [1.29, 1.82) is 0 Å². The SMILES string of the molecule is Cc1cc(NC(=O)C2CC2)sc1C(=O)Nc1ccc(F)c(Cl)c1. The van der Waals surface area contributed by atoms with Crippen LogP contribution in [0.4, 0.5) is 15.1 Å². The molecule has 0 atom stereocenters. The van der Waals surface area contributed by atoms with E-state index in [-0.39, 0.29) is 22.8 Å². The van der Waals surface area contributed by atoms with Crippen LogP contribution in [0.3, 0.4) is 0 Å². The lowest BCUT2D eigenvalue weighted by Crippen LogP contribution is -2.12. The third-order valence-corrected chi connectivity index (χ3v) is 4.94. The van der Waals surface area contributed by atoms with Crippen molar-refractivity contribution >= 4 is 45.4 Å². The fraction of sp³-hybridized carbons (Fsp3) is 0.250. The molecule has 2 N–H and O–H groups in total. The predicted molar refractivity (Wildman–Crippen MR) is 89.8 cm³/mol. The molecule has 120 valence electrons. The minimum Gasteiger partial charge on any atom is -0.321 e. The Balaban J connectivity index is 1.72. The minimum absolute atomic E-state index is 0.00326. The molecule has 0 unspecified atom stereocenters. The van der Waals surface area contributed by atoms with E-state index in [2.05, 4.69) is 10.6 Å². The Morgan fingerprint density at radius 1 is 1.26 bits per heavy atom. The molecule has 2 amide bonds. The molecule has 0 radical (unpaired) electrons. The molecule has 1 saturated carbocycles. The molecule has 2 aromatic rings. The van der Waals surface area contributed by atoms with Crippen LogP contribution in [-0.2, 0) is 4.79 Å². The van der Waals surface area contributed by atoms with Gasteiger partial charge >= 0.3 is 0 Å². The Morgan fingerprint density at radius 2 is 2.00 bits per heavy atom. The summed E-state index contributed by atoms with van der Waals surface area (Å²) < 4.78 is 13.1. The van der Waals surface area contributed by atoms with Crippen LogP contribution < -0.4 is 10.6 Å². The average Bonchev–Trinajstić information content (AvgIpc) is 3.27. The highest BCUT2D eigenvalue weighted by Crippen LogP contribution is 2.33. The number of rotatable bonds is 4. The summed E-state index contributed by atoms with van der Waals surface area (Å²) in [4.78, 5) is 24.6. The van der Waals surface area contributed by atoms with Crippen molar-refractivity contribution in [1.82, 2.24) is 0 Å². The largest absolute Gasteiger partial charge is 0.321 e. The molecule has 1 fully saturated rings. The summed E-state index contributed by atoms with van der Waals surface area (Å²) in [6.45, 7) is 1.80. The van der Waals surface area contributed by atoms with Gasteiger partial charge in [-0.05, 0) is 49.6 Å². The maximum absolute atomic E-state index is 13.1. The fourth-order valence-corrected chi connectivity index (χ4v) is 3.25. The van der Waals surface area contributed by atoms with E-state index in [9.17, 15) is 14.0 Å².